The maximum absolute atomic E-state index is 13.0. The summed E-state index contributed by atoms with van der Waals surface area (Å²) in [6.07, 6.45) is 0.867. The van der Waals surface area contributed by atoms with Gasteiger partial charge in [0.2, 0.25) is 5.78 Å². The number of ketones is 1. The van der Waals surface area contributed by atoms with E-state index >= 15 is 0 Å². The molecule has 0 aliphatic rings. The first-order valence-corrected chi connectivity index (χ1v) is 9.57. The van der Waals surface area contributed by atoms with Gasteiger partial charge in [-0.3, -0.25) is 4.79 Å². The van der Waals surface area contributed by atoms with Crippen molar-refractivity contribution in [3.8, 4) is 11.5 Å². The second-order valence-corrected chi connectivity index (χ2v) is 7.42. The lowest BCUT2D eigenvalue weighted by Gasteiger charge is -2.14. The van der Waals surface area contributed by atoms with Crippen LogP contribution in [0.1, 0.15) is 27.2 Å². The molecule has 0 amide bonds. The van der Waals surface area contributed by atoms with Crippen LogP contribution in [0.4, 0.5) is 0 Å². The molecule has 28 heavy (non-hydrogen) atoms. The molecule has 2 N–H and O–H groups in total. The number of hydrogen-bond acceptors (Lipinski definition) is 3. The van der Waals surface area contributed by atoms with E-state index in [-0.39, 0.29) is 5.78 Å². The van der Waals surface area contributed by atoms with Gasteiger partial charge in [0.1, 0.15) is 6.54 Å². The van der Waals surface area contributed by atoms with Crippen molar-refractivity contribution in [3.05, 3.63) is 58.8 Å². The summed E-state index contributed by atoms with van der Waals surface area (Å²) < 4.78 is 10.7. The predicted molar refractivity (Wildman–Crippen MR) is 112 cm³/mol. The normalized spacial score (nSPS) is 12.2. The van der Waals surface area contributed by atoms with Gasteiger partial charge in [-0.05, 0) is 43.2 Å². The largest absolute Gasteiger partial charge is 0.493 e. The number of methoxy groups -OCH3 is 2. The van der Waals surface area contributed by atoms with Crippen LogP contribution in [0.15, 0.2) is 36.4 Å². The average Bonchev–Trinajstić information content (AvgIpc) is 3.00. The third kappa shape index (κ3) is 4.20. The van der Waals surface area contributed by atoms with E-state index in [9.17, 15) is 4.79 Å². The minimum Gasteiger partial charge on any atom is -0.493 e. The first-order valence-electron chi connectivity index (χ1n) is 9.57. The second-order valence-electron chi connectivity index (χ2n) is 7.42. The third-order valence-corrected chi connectivity index (χ3v) is 5.17. The van der Waals surface area contributed by atoms with Crippen LogP contribution < -0.4 is 14.4 Å². The van der Waals surface area contributed by atoms with Crippen LogP contribution in [-0.4, -0.2) is 45.1 Å². The molecule has 148 valence electrons. The van der Waals surface area contributed by atoms with E-state index in [1.807, 2.05) is 31.2 Å². The number of rotatable bonds is 8. The number of ether oxygens (including phenoxy) is 2. The van der Waals surface area contributed by atoms with Gasteiger partial charge in [0.05, 0.1) is 33.4 Å². The lowest BCUT2D eigenvalue weighted by atomic mass is 10.0. The molecule has 0 spiro atoms. The van der Waals surface area contributed by atoms with Crippen LogP contribution in [0.25, 0.3) is 10.9 Å². The molecule has 5 nitrogen and oxygen atoms in total. The Balaban J connectivity index is 1.66. The Labute approximate surface area is 166 Å². The lowest BCUT2D eigenvalue weighted by molar-refractivity contribution is -0.870. The molecule has 1 atom stereocenters. The number of aryl methyl sites for hydroxylation is 2. The van der Waals surface area contributed by atoms with Crippen molar-refractivity contribution in [1.29, 1.82) is 0 Å². The summed E-state index contributed by atoms with van der Waals surface area (Å²) in [6, 6.07) is 12.2. The summed E-state index contributed by atoms with van der Waals surface area (Å²) in [7, 11) is 5.34. The first kappa shape index (κ1) is 20.0. The van der Waals surface area contributed by atoms with Crippen LogP contribution in [0.3, 0.4) is 0 Å². The van der Waals surface area contributed by atoms with Gasteiger partial charge in [-0.25, -0.2) is 0 Å². The molecule has 0 saturated carbocycles. The Morgan fingerprint density at radius 3 is 2.50 bits per heavy atom. The van der Waals surface area contributed by atoms with Crippen LogP contribution in [0, 0.1) is 13.8 Å². The molecular formula is C23H29N2O3+. The molecule has 0 aliphatic heterocycles. The lowest BCUT2D eigenvalue weighted by Crippen LogP contribution is -3.10. The number of benzene rings is 2. The first-order chi connectivity index (χ1) is 13.4. The molecule has 2 aromatic carbocycles. The Hall–Kier alpha value is -2.79. The number of aromatic amines is 1. The summed E-state index contributed by atoms with van der Waals surface area (Å²) in [5, 5.41) is 1.01. The highest BCUT2D eigenvalue weighted by atomic mass is 16.5. The third-order valence-electron chi connectivity index (χ3n) is 5.17. The molecule has 0 radical (unpaired) electrons. The number of nitrogens with one attached hydrogen (secondary N) is 2. The highest BCUT2D eigenvalue weighted by Gasteiger charge is 2.19. The minimum absolute atomic E-state index is 0.178. The predicted octanol–water partition coefficient (Wildman–Crippen LogP) is 2.74. The minimum atomic E-state index is 0.178. The van der Waals surface area contributed by atoms with E-state index in [1.165, 1.54) is 16.0 Å². The standard InChI is InChI=1S/C23H28N2O3/c1-15-6-8-18-19(12-15)24-16(2)23(18)20(26)14-25(3)11-10-17-7-9-21(27-4)22(13-17)28-5/h6-9,12-13,24H,10-11,14H2,1-5H3/p+1. The van der Waals surface area contributed by atoms with Crippen molar-refractivity contribution >= 4 is 16.7 Å². The van der Waals surface area contributed by atoms with Crippen molar-refractivity contribution in [1.82, 2.24) is 4.98 Å². The number of fused-ring (bicyclic) bond motifs is 1. The zero-order chi connectivity index (χ0) is 20.3. The number of hydrogen-bond donors (Lipinski definition) is 2. The zero-order valence-electron chi connectivity index (χ0n) is 17.3. The number of aromatic nitrogens is 1. The zero-order valence-corrected chi connectivity index (χ0v) is 17.3. The topological polar surface area (TPSA) is 55.8 Å². The fraction of sp³-hybridized carbons (Fsp3) is 0.348. The molecular weight excluding hydrogens is 352 g/mol. The Morgan fingerprint density at radius 1 is 1.04 bits per heavy atom. The molecule has 0 saturated heterocycles. The number of Topliss-reactive ketones (excluding diaryl/α,β-unsaturated/α-hetero) is 1. The maximum atomic E-state index is 13.0. The van der Waals surface area contributed by atoms with E-state index in [2.05, 4.69) is 31.1 Å². The van der Waals surface area contributed by atoms with Gasteiger partial charge in [-0.1, -0.05) is 18.2 Å². The Morgan fingerprint density at radius 2 is 1.79 bits per heavy atom. The van der Waals surface area contributed by atoms with Gasteiger partial charge in [0.15, 0.2) is 11.5 Å². The monoisotopic (exact) mass is 381 g/mol. The van der Waals surface area contributed by atoms with Crippen LogP contribution in [-0.2, 0) is 6.42 Å². The fourth-order valence-corrected chi connectivity index (χ4v) is 3.65. The molecule has 1 unspecified atom stereocenters. The summed E-state index contributed by atoms with van der Waals surface area (Å²) in [4.78, 5) is 17.5. The van der Waals surface area contributed by atoms with E-state index in [0.717, 1.165) is 46.6 Å². The SMILES string of the molecule is COc1ccc(CC[NH+](C)CC(=O)c2c(C)[nH]c3cc(C)ccc23)cc1OC. The van der Waals surface area contributed by atoms with Gasteiger partial charge < -0.3 is 19.4 Å². The van der Waals surface area contributed by atoms with Crippen molar-refractivity contribution in [3.63, 3.8) is 0 Å². The van der Waals surface area contributed by atoms with E-state index in [4.69, 9.17) is 9.47 Å². The number of likely N-dealkylation sites (N-methyl/N-ethyl adjacent to an activating group) is 1. The van der Waals surface area contributed by atoms with Gasteiger partial charge in [0.25, 0.3) is 0 Å². The molecule has 3 aromatic rings. The van der Waals surface area contributed by atoms with Crippen molar-refractivity contribution in [2.75, 3.05) is 34.4 Å². The molecule has 0 bridgehead atoms. The molecule has 5 heteroatoms. The van der Waals surface area contributed by atoms with Crippen LogP contribution in [0.2, 0.25) is 0 Å². The Kier molecular flexibility index (Phi) is 6.05. The number of carbonyl (C=O) groups excluding carboxylic acids is 1. The van der Waals surface area contributed by atoms with Crippen LogP contribution in [0.5, 0.6) is 11.5 Å². The summed E-state index contributed by atoms with van der Waals surface area (Å²) in [6.45, 7) is 5.36. The number of carbonyl (C=O) groups is 1. The molecule has 1 aromatic heterocycles. The quantitative estimate of drug-likeness (QED) is 0.590. The van der Waals surface area contributed by atoms with Gasteiger partial charge >= 0.3 is 0 Å². The molecule has 1 heterocycles. The molecule has 0 fully saturated rings. The average molecular weight is 381 g/mol. The molecule has 3 rings (SSSR count). The second kappa shape index (κ2) is 8.48. The fourth-order valence-electron chi connectivity index (χ4n) is 3.65. The summed E-state index contributed by atoms with van der Waals surface area (Å²) in [5.41, 5.74) is 5.15. The number of quaternary nitrogens is 1. The number of H-pyrrole nitrogens is 1. The van der Waals surface area contributed by atoms with Gasteiger partial charge in [-0.15, -0.1) is 0 Å². The van der Waals surface area contributed by atoms with Crippen molar-refractivity contribution in [2.24, 2.45) is 0 Å². The summed E-state index contributed by atoms with van der Waals surface area (Å²) >= 11 is 0. The van der Waals surface area contributed by atoms with Gasteiger partial charge in [-0.2, -0.15) is 0 Å². The Bertz CT molecular complexity index is 991. The van der Waals surface area contributed by atoms with E-state index in [1.54, 1.807) is 14.2 Å². The highest BCUT2D eigenvalue weighted by molar-refractivity contribution is 6.09. The van der Waals surface area contributed by atoms with Crippen LogP contribution >= 0.6 is 0 Å². The van der Waals surface area contributed by atoms with E-state index < -0.39 is 0 Å². The van der Waals surface area contributed by atoms with E-state index in [0.29, 0.717) is 6.54 Å². The maximum Gasteiger partial charge on any atom is 0.219 e. The van der Waals surface area contributed by atoms with Gasteiger partial charge in [0, 0.05) is 23.0 Å². The highest BCUT2D eigenvalue weighted by Crippen LogP contribution is 2.27. The van der Waals surface area contributed by atoms with Crippen molar-refractivity contribution < 1.29 is 19.2 Å². The smallest absolute Gasteiger partial charge is 0.219 e. The van der Waals surface area contributed by atoms with Crippen molar-refractivity contribution in [2.45, 2.75) is 20.3 Å². The molecule has 0 aliphatic carbocycles. The summed E-state index contributed by atoms with van der Waals surface area (Å²) in [5.74, 6) is 1.64.